The number of nitrogens with one attached hydrogen (secondary N) is 1. The first kappa shape index (κ1) is 27.7. The standard InChI is InChI=1S/C32H35N5O5/c1-19-33-25-12-9-20(17-28(25)41-19)23-11-14-26-29(23)30(42-22-7-5-6-8-22)36-32(35-26)34-24-13-10-21(18-27(24)40-4)31(38)37(2)15-16-39-3/h9-13,17-18,22H,5-8,14-16H2,1-4H3,(H,34,35,36). The van der Waals surface area contributed by atoms with Crippen molar-refractivity contribution in [1.82, 2.24) is 19.9 Å². The van der Waals surface area contributed by atoms with E-state index >= 15 is 0 Å². The van der Waals surface area contributed by atoms with Crippen LogP contribution in [0.25, 0.3) is 16.7 Å². The molecule has 2 aliphatic carbocycles. The molecule has 10 heteroatoms. The third-order valence-corrected chi connectivity index (χ3v) is 7.78. The maximum atomic E-state index is 12.9. The fourth-order valence-electron chi connectivity index (χ4n) is 5.58. The van der Waals surface area contributed by atoms with E-state index < -0.39 is 0 Å². The quantitative estimate of drug-likeness (QED) is 0.257. The average molecular weight is 570 g/mol. The SMILES string of the molecule is COCCN(C)C(=O)c1ccc(Nc2nc3c(c(OC4CCCC4)n2)C(c2ccc4nc(C)oc4c2)=CC3)c(OC)c1. The average Bonchev–Trinajstić information content (AvgIpc) is 3.75. The molecule has 6 rings (SSSR count). The zero-order chi connectivity index (χ0) is 29.2. The first-order chi connectivity index (χ1) is 20.4. The number of aryl methyl sites for hydroxylation is 1. The molecule has 0 bridgehead atoms. The Kier molecular flexibility index (Phi) is 7.80. The van der Waals surface area contributed by atoms with Crippen LogP contribution in [0.15, 0.2) is 46.9 Å². The summed E-state index contributed by atoms with van der Waals surface area (Å²) < 4.78 is 23.1. The summed E-state index contributed by atoms with van der Waals surface area (Å²) in [6.07, 6.45) is 7.24. The van der Waals surface area contributed by atoms with Gasteiger partial charge in [-0.2, -0.15) is 4.98 Å². The summed E-state index contributed by atoms with van der Waals surface area (Å²) in [6, 6.07) is 11.3. The van der Waals surface area contributed by atoms with E-state index in [1.807, 2.05) is 25.1 Å². The van der Waals surface area contributed by atoms with Gasteiger partial charge in [-0.05, 0) is 67.2 Å². The topological polar surface area (TPSA) is 112 Å². The van der Waals surface area contributed by atoms with Crippen LogP contribution in [0.4, 0.5) is 11.6 Å². The van der Waals surface area contributed by atoms with Gasteiger partial charge in [0, 0.05) is 39.6 Å². The lowest BCUT2D eigenvalue weighted by atomic mass is 10.0. The summed E-state index contributed by atoms with van der Waals surface area (Å²) in [4.78, 5) is 28.7. The highest BCUT2D eigenvalue weighted by Gasteiger charge is 2.28. The zero-order valence-corrected chi connectivity index (χ0v) is 24.4. The second-order valence-electron chi connectivity index (χ2n) is 10.7. The fourth-order valence-corrected chi connectivity index (χ4v) is 5.58. The predicted octanol–water partition coefficient (Wildman–Crippen LogP) is 5.71. The number of ether oxygens (including phenoxy) is 3. The maximum absolute atomic E-state index is 12.9. The monoisotopic (exact) mass is 569 g/mol. The van der Waals surface area contributed by atoms with Crippen molar-refractivity contribution in [1.29, 1.82) is 0 Å². The molecule has 4 aromatic rings. The molecule has 42 heavy (non-hydrogen) atoms. The van der Waals surface area contributed by atoms with E-state index in [-0.39, 0.29) is 12.0 Å². The third kappa shape index (κ3) is 5.54. The minimum absolute atomic E-state index is 0.116. The predicted molar refractivity (Wildman–Crippen MR) is 160 cm³/mol. The number of aromatic nitrogens is 3. The van der Waals surface area contributed by atoms with Gasteiger partial charge >= 0.3 is 0 Å². The molecule has 1 amide bonds. The van der Waals surface area contributed by atoms with Crippen LogP contribution in [0.1, 0.15) is 58.8 Å². The number of carbonyl (C=O) groups excluding carboxylic acids is 1. The lowest BCUT2D eigenvalue weighted by Crippen LogP contribution is -2.29. The Morgan fingerprint density at radius 1 is 1.10 bits per heavy atom. The number of likely N-dealkylation sites (N-methyl/N-ethyl adjacent to an activating group) is 1. The largest absolute Gasteiger partial charge is 0.495 e. The second-order valence-corrected chi connectivity index (χ2v) is 10.7. The minimum Gasteiger partial charge on any atom is -0.495 e. The van der Waals surface area contributed by atoms with E-state index in [1.54, 1.807) is 38.3 Å². The normalized spacial score (nSPS) is 14.6. The highest BCUT2D eigenvalue weighted by Crippen LogP contribution is 2.41. The first-order valence-electron chi connectivity index (χ1n) is 14.3. The van der Waals surface area contributed by atoms with Gasteiger partial charge in [-0.25, -0.2) is 9.97 Å². The maximum Gasteiger partial charge on any atom is 0.253 e. The summed E-state index contributed by atoms with van der Waals surface area (Å²) in [5.41, 5.74) is 6.58. The van der Waals surface area contributed by atoms with Gasteiger partial charge in [-0.15, -0.1) is 0 Å². The van der Waals surface area contributed by atoms with Crippen molar-refractivity contribution in [2.24, 2.45) is 0 Å². The number of fused-ring (bicyclic) bond motifs is 2. The molecule has 1 N–H and O–H groups in total. The number of carbonyl (C=O) groups is 1. The van der Waals surface area contributed by atoms with Gasteiger partial charge in [0.15, 0.2) is 11.5 Å². The van der Waals surface area contributed by atoms with Crippen molar-refractivity contribution in [2.45, 2.75) is 45.1 Å². The minimum atomic E-state index is -0.116. The van der Waals surface area contributed by atoms with Crippen molar-refractivity contribution >= 4 is 34.2 Å². The Bertz CT molecular complexity index is 1660. The molecule has 0 saturated heterocycles. The van der Waals surface area contributed by atoms with Crippen molar-refractivity contribution in [2.75, 3.05) is 39.7 Å². The number of oxazole rings is 1. The number of hydrogen-bond donors (Lipinski definition) is 1. The molecule has 0 aliphatic heterocycles. The van der Waals surface area contributed by atoms with Crippen LogP contribution in [0.5, 0.6) is 11.6 Å². The number of benzene rings is 2. The van der Waals surface area contributed by atoms with Gasteiger partial charge in [0.25, 0.3) is 5.91 Å². The first-order valence-corrected chi connectivity index (χ1v) is 14.3. The van der Waals surface area contributed by atoms with E-state index in [9.17, 15) is 4.79 Å². The molecule has 10 nitrogen and oxygen atoms in total. The Morgan fingerprint density at radius 2 is 1.93 bits per heavy atom. The van der Waals surface area contributed by atoms with Gasteiger partial charge < -0.3 is 28.8 Å². The number of allylic oxidation sites excluding steroid dienone is 1. The van der Waals surface area contributed by atoms with E-state index in [1.165, 1.54) is 0 Å². The van der Waals surface area contributed by atoms with Crippen molar-refractivity contribution < 1.29 is 23.4 Å². The Labute approximate surface area is 244 Å². The molecule has 0 radical (unpaired) electrons. The number of amides is 1. The molecule has 1 saturated carbocycles. The van der Waals surface area contributed by atoms with Crippen molar-refractivity contribution in [3.8, 4) is 11.6 Å². The second kappa shape index (κ2) is 11.8. The summed E-state index contributed by atoms with van der Waals surface area (Å²) in [6.45, 7) is 2.80. The molecular weight excluding hydrogens is 534 g/mol. The van der Waals surface area contributed by atoms with E-state index in [4.69, 9.17) is 28.6 Å². The number of hydrogen-bond acceptors (Lipinski definition) is 9. The smallest absolute Gasteiger partial charge is 0.253 e. The number of rotatable bonds is 10. The third-order valence-electron chi connectivity index (χ3n) is 7.78. The zero-order valence-electron chi connectivity index (χ0n) is 24.4. The van der Waals surface area contributed by atoms with Crippen LogP contribution in [-0.4, -0.2) is 66.3 Å². The van der Waals surface area contributed by atoms with Crippen LogP contribution in [0.2, 0.25) is 0 Å². The fraction of sp³-hybridized carbons (Fsp3) is 0.375. The highest BCUT2D eigenvalue weighted by molar-refractivity contribution is 5.95. The van der Waals surface area contributed by atoms with Gasteiger partial charge in [0.1, 0.15) is 17.4 Å². The van der Waals surface area contributed by atoms with E-state index in [2.05, 4.69) is 22.4 Å². The molecule has 2 aromatic heterocycles. The Balaban J connectivity index is 1.32. The van der Waals surface area contributed by atoms with Crippen LogP contribution < -0.4 is 14.8 Å². The van der Waals surface area contributed by atoms with Crippen LogP contribution in [-0.2, 0) is 11.2 Å². The molecular formula is C32H35N5O5. The van der Waals surface area contributed by atoms with E-state index in [0.29, 0.717) is 54.3 Å². The molecule has 0 unspecified atom stereocenters. The van der Waals surface area contributed by atoms with Crippen molar-refractivity contribution in [3.63, 3.8) is 0 Å². The highest BCUT2D eigenvalue weighted by atomic mass is 16.5. The summed E-state index contributed by atoms with van der Waals surface area (Å²) in [7, 11) is 4.93. The van der Waals surface area contributed by atoms with Gasteiger partial charge in [0.05, 0.1) is 30.7 Å². The molecule has 2 aliphatic rings. The van der Waals surface area contributed by atoms with Gasteiger partial charge in [-0.1, -0.05) is 12.1 Å². The Morgan fingerprint density at radius 3 is 2.71 bits per heavy atom. The van der Waals surface area contributed by atoms with Crippen LogP contribution in [0, 0.1) is 6.92 Å². The molecule has 0 spiro atoms. The van der Waals surface area contributed by atoms with E-state index in [0.717, 1.165) is 59.2 Å². The summed E-state index contributed by atoms with van der Waals surface area (Å²) in [5.74, 6) is 2.01. The molecule has 2 heterocycles. The summed E-state index contributed by atoms with van der Waals surface area (Å²) >= 11 is 0. The molecule has 218 valence electrons. The number of anilines is 2. The van der Waals surface area contributed by atoms with Crippen LogP contribution >= 0.6 is 0 Å². The molecule has 0 atom stereocenters. The van der Waals surface area contributed by atoms with Gasteiger partial charge in [0.2, 0.25) is 11.8 Å². The van der Waals surface area contributed by atoms with Crippen molar-refractivity contribution in [3.05, 3.63) is 70.7 Å². The number of nitrogens with zero attached hydrogens (tertiary/aromatic N) is 4. The number of methoxy groups -OCH3 is 2. The van der Waals surface area contributed by atoms with Crippen LogP contribution in [0.3, 0.4) is 0 Å². The Hall–Kier alpha value is -4.44. The lowest BCUT2D eigenvalue weighted by molar-refractivity contribution is 0.0744. The van der Waals surface area contributed by atoms with Gasteiger partial charge in [-0.3, -0.25) is 4.79 Å². The molecule has 2 aromatic carbocycles. The summed E-state index contributed by atoms with van der Waals surface area (Å²) in [5, 5.41) is 3.31. The lowest BCUT2D eigenvalue weighted by Gasteiger charge is -2.19. The molecule has 1 fully saturated rings.